The third-order valence-corrected chi connectivity index (χ3v) is 13.4. The maximum atomic E-state index is 12.9. The highest BCUT2D eigenvalue weighted by Crippen LogP contribution is 2.16. The van der Waals surface area contributed by atoms with E-state index in [9.17, 15) is 14.4 Å². The van der Waals surface area contributed by atoms with Gasteiger partial charge >= 0.3 is 17.9 Å². The molecule has 0 saturated carbocycles. The van der Waals surface area contributed by atoms with Gasteiger partial charge in [0.1, 0.15) is 13.2 Å². The van der Waals surface area contributed by atoms with Gasteiger partial charge in [0.2, 0.25) is 0 Å². The molecule has 1 unspecified atom stereocenters. The van der Waals surface area contributed by atoms with Crippen molar-refractivity contribution in [1.29, 1.82) is 0 Å². The molecule has 0 saturated heterocycles. The van der Waals surface area contributed by atoms with Crippen LogP contribution in [-0.2, 0) is 28.6 Å². The fraction of sp³-hybridized carbons (Fsp3) is 0.746. The minimum atomic E-state index is -0.793. The predicted octanol–water partition coefficient (Wildman–Crippen LogP) is 21.1. The Morgan fingerprint density at radius 1 is 0.288 bits per heavy atom. The summed E-state index contributed by atoms with van der Waals surface area (Å²) in [6.07, 6.45) is 80.0. The van der Waals surface area contributed by atoms with Crippen LogP contribution < -0.4 is 0 Å². The fourth-order valence-corrected chi connectivity index (χ4v) is 8.74. The van der Waals surface area contributed by atoms with Crippen molar-refractivity contribution in [1.82, 2.24) is 0 Å². The van der Waals surface area contributed by atoms with E-state index in [1.54, 1.807) is 0 Å². The summed E-state index contributed by atoms with van der Waals surface area (Å²) in [5, 5.41) is 0. The molecule has 0 N–H and O–H groups in total. The molecule has 0 aromatic carbocycles. The average molecular weight is 1020 g/mol. The molecule has 0 bridgehead atoms. The standard InChI is InChI=1S/C67H116O6/c1-4-7-10-13-16-19-22-25-28-31-33-36-39-42-45-48-51-54-57-60-66(69)72-63-64(62-71-65(68)59-56-53-50-47-44-41-38-35-30-27-24-21-18-15-12-9-6-3)73-67(70)61-58-55-52-49-46-43-40-37-34-32-29-26-23-20-17-14-11-8-5-2/h7,10,16-17,19-20,25-26,28-29,33,36,42,45,64H,4-6,8-9,11-15,18,21-24,27,30-32,34-35,37-41,43-44,46-63H2,1-3H3/b10-7-,19-16-,20-17-,28-25-,29-26-,36-33-,45-42-. The Morgan fingerprint density at radius 2 is 0.534 bits per heavy atom. The van der Waals surface area contributed by atoms with Crippen LogP contribution in [0.1, 0.15) is 303 Å². The van der Waals surface area contributed by atoms with Crippen LogP contribution in [0.5, 0.6) is 0 Å². The lowest BCUT2D eigenvalue weighted by molar-refractivity contribution is -0.167. The molecule has 0 aromatic heterocycles. The Labute approximate surface area is 452 Å². The zero-order valence-corrected chi connectivity index (χ0v) is 48.1. The third kappa shape index (κ3) is 59.3. The van der Waals surface area contributed by atoms with E-state index in [1.807, 2.05) is 0 Å². The van der Waals surface area contributed by atoms with Crippen LogP contribution in [0.2, 0.25) is 0 Å². The van der Waals surface area contributed by atoms with E-state index in [4.69, 9.17) is 14.2 Å². The van der Waals surface area contributed by atoms with Crippen LogP contribution in [0.4, 0.5) is 0 Å². The summed E-state index contributed by atoms with van der Waals surface area (Å²) in [6.45, 7) is 6.51. The summed E-state index contributed by atoms with van der Waals surface area (Å²) in [5.74, 6) is -0.912. The largest absolute Gasteiger partial charge is 0.462 e. The fourth-order valence-electron chi connectivity index (χ4n) is 8.74. The molecule has 0 rings (SSSR count). The smallest absolute Gasteiger partial charge is 0.306 e. The third-order valence-electron chi connectivity index (χ3n) is 13.4. The number of esters is 3. The Bertz CT molecular complexity index is 1400. The molecule has 1 atom stereocenters. The van der Waals surface area contributed by atoms with Gasteiger partial charge in [-0.05, 0) is 96.3 Å². The zero-order chi connectivity index (χ0) is 52.9. The molecule has 0 aliphatic carbocycles. The zero-order valence-electron chi connectivity index (χ0n) is 48.1. The minimum absolute atomic E-state index is 0.0864. The highest BCUT2D eigenvalue weighted by molar-refractivity contribution is 5.71. The van der Waals surface area contributed by atoms with Crippen molar-refractivity contribution in [2.75, 3.05) is 13.2 Å². The van der Waals surface area contributed by atoms with Crippen molar-refractivity contribution in [3.05, 3.63) is 85.1 Å². The summed E-state index contributed by atoms with van der Waals surface area (Å²) in [6, 6.07) is 0. The molecule has 420 valence electrons. The van der Waals surface area contributed by atoms with Gasteiger partial charge in [-0.1, -0.05) is 273 Å². The quantitative estimate of drug-likeness (QED) is 0.0261. The number of rotatable bonds is 56. The molecular formula is C67H116O6. The van der Waals surface area contributed by atoms with Crippen LogP contribution in [0.3, 0.4) is 0 Å². The number of ether oxygens (including phenoxy) is 3. The summed E-state index contributed by atoms with van der Waals surface area (Å²) < 4.78 is 16.9. The molecule has 0 radical (unpaired) electrons. The van der Waals surface area contributed by atoms with E-state index in [2.05, 4.69) is 106 Å². The predicted molar refractivity (Wildman–Crippen MR) is 316 cm³/mol. The molecule has 6 nitrogen and oxygen atoms in total. The van der Waals surface area contributed by atoms with E-state index in [0.29, 0.717) is 19.3 Å². The molecule has 0 heterocycles. The molecular weight excluding hydrogens is 901 g/mol. The Morgan fingerprint density at radius 3 is 0.877 bits per heavy atom. The van der Waals surface area contributed by atoms with Gasteiger partial charge in [-0.3, -0.25) is 14.4 Å². The highest BCUT2D eigenvalue weighted by Gasteiger charge is 2.19. The molecule has 6 heteroatoms. The second kappa shape index (κ2) is 61.1. The van der Waals surface area contributed by atoms with Crippen LogP contribution in [-0.4, -0.2) is 37.2 Å². The van der Waals surface area contributed by atoms with Gasteiger partial charge in [-0.15, -0.1) is 0 Å². The first-order valence-corrected chi connectivity index (χ1v) is 31.1. The second-order valence-electron chi connectivity index (χ2n) is 20.6. The van der Waals surface area contributed by atoms with Gasteiger partial charge in [-0.25, -0.2) is 0 Å². The van der Waals surface area contributed by atoms with E-state index in [1.165, 1.54) is 161 Å². The molecule has 73 heavy (non-hydrogen) atoms. The molecule has 0 fully saturated rings. The number of carbonyl (C=O) groups is 3. The normalized spacial score (nSPS) is 12.6. The van der Waals surface area contributed by atoms with E-state index < -0.39 is 6.10 Å². The molecule has 0 aliphatic heterocycles. The summed E-state index contributed by atoms with van der Waals surface area (Å²) in [7, 11) is 0. The van der Waals surface area contributed by atoms with Crippen molar-refractivity contribution in [3.8, 4) is 0 Å². The first-order valence-electron chi connectivity index (χ1n) is 31.1. The Kier molecular flexibility index (Phi) is 58.3. The second-order valence-corrected chi connectivity index (χ2v) is 20.6. The number of allylic oxidation sites excluding steroid dienone is 14. The number of hydrogen-bond acceptors (Lipinski definition) is 6. The van der Waals surface area contributed by atoms with Gasteiger partial charge in [0.05, 0.1) is 0 Å². The SMILES string of the molecule is CC/C=C\C/C=C\C/C=C\C/C=C\C/C=C\CCCCCC(=O)OCC(COC(=O)CCCCCCCCCCCCCCCCCCC)OC(=O)CCCCCCCCCCC/C=C\C/C=C\CCCCC. The van der Waals surface area contributed by atoms with Crippen LogP contribution in [0.25, 0.3) is 0 Å². The van der Waals surface area contributed by atoms with Crippen molar-refractivity contribution >= 4 is 17.9 Å². The first kappa shape index (κ1) is 69.6. The lowest BCUT2D eigenvalue weighted by Crippen LogP contribution is -2.30. The van der Waals surface area contributed by atoms with Crippen LogP contribution in [0, 0.1) is 0 Å². The monoisotopic (exact) mass is 1020 g/mol. The number of hydrogen-bond donors (Lipinski definition) is 0. The minimum Gasteiger partial charge on any atom is -0.462 e. The van der Waals surface area contributed by atoms with Crippen molar-refractivity contribution in [2.24, 2.45) is 0 Å². The lowest BCUT2D eigenvalue weighted by Gasteiger charge is -2.18. The van der Waals surface area contributed by atoms with Gasteiger partial charge in [0, 0.05) is 19.3 Å². The van der Waals surface area contributed by atoms with E-state index >= 15 is 0 Å². The Hall–Kier alpha value is -3.41. The molecule has 0 aliphatic rings. The highest BCUT2D eigenvalue weighted by atomic mass is 16.6. The molecule has 0 aromatic rings. The Balaban J connectivity index is 4.43. The number of carbonyl (C=O) groups excluding carboxylic acids is 3. The summed E-state index contributed by atoms with van der Waals surface area (Å²) in [5.41, 5.74) is 0. The van der Waals surface area contributed by atoms with Gasteiger partial charge in [0.25, 0.3) is 0 Å². The topological polar surface area (TPSA) is 78.9 Å². The van der Waals surface area contributed by atoms with Crippen molar-refractivity contribution < 1.29 is 28.6 Å². The first-order chi connectivity index (χ1) is 36.0. The van der Waals surface area contributed by atoms with Crippen molar-refractivity contribution in [2.45, 2.75) is 309 Å². The van der Waals surface area contributed by atoms with Crippen molar-refractivity contribution in [3.63, 3.8) is 0 Å². The van der Waals surface area contributed by atoms with E-state index in [0.717, 1.165) is 103 Å². The van der Waals surface area contributed by atoms with Gasteiger partial charge in [0.15, 0.2) is 6.10 Å². The van der Waals surface area contributed by atoms with Gasteiger partial charge < -0.3 is 14.2 Å². The summed E-state index contributed by atoms with van der Waals surface area (Å²) in [4.78, 5) is 38.3. The van der Waals surface area contributed by atoms with Crippen LogP contribution >= 0.6 is 0 Å². The maximum Gasteiger partial charge on any atom is 0.306 e. The molecule has 0 spiro atoms. The summed E-state index contributed by atoms with van der Waals surface area (Å²) >= 11 is 0. The molecule has 0 amide bonds. The maximum absolute atomic E-state index is 12.9. The lowest BCUT2D eigenvalue weighted by atomic mass is 10.0. The van der Waals surface area contributed by atoms with Crippen LogP contribution in [0.15, 0.2) is 85.1 Å². The number of unbranched alkanes of at least 4 members (excludes halogenated alkanes) is 31. The van der Waals surface area contributed by atoms with Gasteiger partial charge in [-0.2, -0.15) is 0 Å². The van der Waals surface area contributed by atoms with E-state index in [-0.39, 0.29) is 31.1 Å². The average Bonchev–Trinajstić information content (AvgIpc) is 3.39.